The van der Waals surface area contributed by atoms with E-state index in [0.29, 0.717) is 11.5 Å². The summed E-state index contributed by atoms with van der Waals surface area (Å²) in [5.74, 6) is -0.527. The van der Waals surface area contributed by atoms with Crippen molar-refractivity contribution < 1.29 is 14.3 Å². The number of hydrogen-bond donors (Lipinski definition) is 1. The summed E-state index contributed by atoms with van der Waals surface area (Å²) in [6, 6.07) is 9.56. The third kappa shape index (κ3) is 3.22. The van der Waals surface area contributed by atoms with Crippen molar-refractivity contribution in [3.05, 3.63) is 62.6 Å². The third-order valence-corrected chi connectivity index (χ3v) is 4.30. The lowest BCUT2D eigenvalue weighted by Crippen LogP contribution is -1.91. The molecule has 2 aromatic heterocycles. The Labute approximate surface area is 133 Å². The lowest BCUT2D eigenvalue weighted by Gasteiger charge is -1.97. The maximum Gasteiger partial charge on any atom is 0.338 e. The summed E-state index contributed by atoms with van der Waals surface area (Å²) in [6.07, 6.45) is 1.97. The van der Waals surface area contributed by atoms with Crippen molar-refractivity contribution in [2.75, 3.05) is 0 Å². The summed E-state index contributed by atoms with van der Waals surface area (Å²) < 4.78 is 6.29. The highest BCUT2D eigenvalue weighted by Crippen LogP contribution is 2.25. The fraction of sp³-hybridized carbons (Fsp3) is 0.0667. The van der Waals surface area contributed by atoms with Gasteiger partial charge in [-0.3, -0.25) is 0 Å². The predicted octanol–water partition coefficient (Wildman–Crippen LogP) is 4.45. The van der Waals surface area contributed by atoms with Crippen LogP contribution in [0.15, 0.2) is 50.9 Å². The van der Waals surface area contributed by atoms with Crippen LogP contribution in [0.4, 0.5) is 0 Å². The highest BCUT2D eigenvalue weighted by Gasteiger charge is 2.12. The monoisotopic (exact) mass is 363 g/mol. The van der Waals surface area contributed by atoms with Gasteiger partial charge >= 0.3 is 5.97 Å². The van der Waals surface area contributed by atoms with E-state index in [4.69, 9.17) is 9.52 Å². The SMILES string of the molecule is O=C(O)c1coc(-c2csc(Cc3ccc(Br)cc3)n2)c1. The minimum Gasteiger partial charge on any atom is -0.478 e. The van der Waals surface area contributed by atoms with Gasteiger partial charge in [-0.15, -0.1) is 11.3 Å². The largest absolute Gasteiger partial charge is 0.478 e. The van der Waals surface area contributed by atoms with Crippen molar-refractivity contribution >= 4 is 33.2 Å². The number of carbonyl (C=O) groups is 1. The van der Waals surface area contributed by atoms with E-state index in [1.807, 2.05) is 29.6 Å². The lowest BCUT2D eigenvalue weighted by atomic mass is 10.2. The number of carboxylic acid groups (broad SMARTS) is 1. The number of halogens is 1. The quantitative estimate of drug-likeness (QED) is 0.743. The van der Waals surface area contributed by atoms with Crippen molar-refractivity contribution in [1.29, 1.82) is 0 Å². The third-order valence-electron chi connectivity index (χ3n) is 2.92. The first-order chi connectivity index (χ1) is 10.1. The molecule has 4 nitrogen and oxygen atoms in total. The normalized spacial score (nSPS) is 10.7. The number of nitrogens with zero attached hydrogens (tertiary/aromatic N) is 1. The van der Waals surface area contributed by atoms with Gasteiger partial charge in [0.2, 0.25) is 0 Å². The van der Waals surface area contributed by atoms with E-state index in [2.05, 4.69) is 20.9 Å². The van der Waals surface area contributed by atoms with Crippen molar-refractivity contribution in [1.82, 2.24) is 4.98 Å². The molecule has 0 amide bonds. The molecule has 21 heavy (non-hydrogen) atoms. The van der Waals surface area contributed by atoms with Crippen LogP contribution in [0.1, 0.15) is 20.9 Å². The number of aromatic carboxylic acids is 1. The van der Waals surface area contributed by atoms with E-state index in [1.54, 1.807) is 0 Å². The standard InChI is InChI=1S/C15H10BrNO3S/c16-11-3-1-9(2-4-11)5-14-17-12(8-21-14)13-6-10(7-20-13)15(18)19/h1-4,6-8H,5H2,(H,18,19). The summed E-state index contributed by atoms with van der Waals surface area (Å²) in [7, 11) is 0. The van der Waals surface area contributed by atoms with Crippen LogP contribution in [0.25, 0.3) is 11.5 Å². The van der Waals surface area contributed by atoms with E-state index < -0.39 is 5.97 Å². The van der Waals surface area contributed by atoms with Gasteiger partial charge in [0.15, 0.2) is 5.76 Å². The van der Waals surface area contributed by atoms with E-state index in [1.165, 1.54) is 29.2 Å². The molecular formula is C15H10BrNO3S. The van der Waals surface area contributed by atoms with Crippen molar-refractivity contribution in [3.63, 3.8) is 0 Å². The van der Waals surface area contributed by atoms with Gasteiger partial charge in [0, 0.05) is 22.3 Å². The van der Waals surface area contributed by atoms with Gasteiger partial charge in [-0.1, -0.05) is 28.1 Å². The van der Waals surface area contributed by atoms with Gasteiger partial charge < -0.3 is 9.52 Å². The first-order valence-electron chi connectivity index (χ1n) is 6.13. The molecule has 1 N–H and O–H groups in total. The molecule has 0 aliphatic rings. The van der Waals surface area contributed by atoms with E-state index in [9.17, 15) is 4.79 Å². The second-order valence-corrected chi connectivity index (χ2v) is 6.29. The smallest absolute Gasteiger partial charge is 0.338 e. The maximum absolute atomic E-state index is 10.8. The molecule has 3 rings (SSSR count). The molecule has 0 aliphatic carbocycles. The van der Waals surface area contributed by atoms with Gasteiger partial charge in [-0.2, -0.15) is 0 Å². The van der Waals surface area contributed by atoms with Gasteiger partial charge in [0.1, 0.15) is 12.0 Å². The average molecular weight is 364 g/mol. The summed E-state index contributed by atoms with van der Waals surface area (Å²) in [6.45, 7) is 0. The molecule has 0 radical (unpaired) electrons. The molecule has 0 saturated carbocycles. The maximum atomic E-state index is 10.8. The molecule has 0 unspecified atom stereocenters. The van der Waals surface area contributed by atoms with Crippen LogP contribution in [-0.2, 0) is 6.42 Å². The van der Waals surface area contributed by atoms with Gasteiger partial charge in [0.25, 0.3) is 0 Å². The zero-order valence-electron chi connectivity index (χ0n) is 10.7. The van der Waals surface area contributed by atoms with Gasteiger partial charge in [-0.25, -0.2) is 9.78 Å². The second-order valence-electron chi connectivity index (χ2n) is 4.43. The number of hydrogen-bond acceptors (Lipinski definition) is 4. The topological polar surface area (TPSA) is 63.3 Å². The number of rotatable bonds is 4. The molecule has 0 spiro atoms. The first-order valence-corrected chi connectivity index (χ1v) is 7.80. The number of carboxylic acids is 1. The van der Waals surface area contributed by atoms with E-state index >= 15 is 0 Å². The summed E-state index contributed by atoms with van der Waals surface area (Å²) >= 11 is 4.94. The Kier molecular flexibility index (Phi) is 3.90. The first kappa shape index (κ1) is 14.0. The highest BCUT2D eigenvalue weighted by molar-refractivity contribution is 9.10. The van der Waals surface area contributed by atoms with Crippen LogP contribution in [0.5, 0.6) is 0 Å². The molecule has 0 fully saturated rings. The molecule has 6 heteroatoms. The minimum atomic E-state index is -1.00. The predicted molar refractivity (Wildman–Crippen MR) is 83.7 cm³/mol. The number of aromatic nitrogens is 1. The molecule has 3 aromatic rings. The fourth-order valence-electron chi connectivity index (χ4n) is 1.86. The molecule has 1 aromatic carbocycles. The molecule has 0 saturated heterocycles. The zero-order valence-corrected chi connectivity index (χ0v) is 13.1. The second kappa shape index (κ2) is 5.83. The Morgan fingerprint density at radius 1 is 1.33 bits per heavy atom. The Hall–Kier alpha value is -1.92. The average Bonchev–Trinajstić information content (AvgIpc) is 3.10. The van der Waals surface area contributed by atoms with Crippen LogP contribution in [0.3, 0.4) is 0 Å². The zero-order chi connectivity index (χ0) is 14.8. The number of furan rings is 1. The van der Waals surface area contributed by atoms with Crippen LogP contribution < -0.4 is 0 Å². The van der Waals surface area contributed by atoms with Crippen molar-refractivity contribution in [2.24, 2.45) is 0 Å². The molecule has 0 bridgehead atoms. The van der Waals surface area contributed by atoms with Crippen LogP contribution in [0.2, 0.25) is 0 Å². The molecule has 0 atom stereocenters. The highest BCUT2D eigenvalue weighted by atomic mass is 79.9. The molecule has 0 aliphatic heterocycles. The summed E-state index contributed by atoms with van der Waals surface area (Å²) in [4.78, 5) is 15.3. The van der Waals surface area contributed by atoms with Crippen LogP contribution in [0, 0.1) is 0 Å². The van der Waals surface area contributed by atoms with E-state index in [-0.39, 0.29) is 5.56 Å². The minimum absolute atomic E-state index is 0.132. The Bertz CT molecular complexity index is 776. The summed E-state index contributed by atoms with van der Waals surface area (Å²) in [5, 5.41) is 11.7. The number of thiazole rings is 1. The van der Waals surface area contributed by atoms with Crippen LogP contribution >= 0.6 is 27.3 Å². The van der Waals surface area contributed by atoms with Crippen molar-refractivity contribution in [2.45, 2.75) is 6.42 Å². The van der Waals surface area contributed by atoms with Crippen molar-refractivity contribution in [3.8, 4) is 11.5 Å². The summed E-state index contributed by atoms with van der Waals surface area (Å²) in [5.41, 5.74) is 1.97. The Morgan fingerprint density at radius 2 is 2.10 bits per heavy atom. The van der Waals surface area contributed by atoms with E-state index in [0.717, 1.165) is 15.9 Å². The molecule has 2 heterocycles. The van der Waals surface area contributed by atoms with Crippen LogP contribution in [-0.4, -0.2) is 16.1 Å². The lowest BCUT2D eigenvalue weighted by molar-refractivity contribution is 0.0696. The Balaban J connectivity index is 1.79. The van der Waals surface area contributed by atoms with Gasteiger partial charge in [-0.05, 0) is 17.7 Å². The Morgan fingerprint density at radius 3 is 2.76 bits per heavy atom. The molecular weight excluding hydrogens is 354 g/mol. The fourth-order valence-corrected chi connectivity index (χ4v) is 2.95. The van der Waals surface area contributed by atoms with Gasteiger partial charge in [0.05, 0.1) is 10.6 Å². The number of benzene rings is 1. The molecule has 106 valence electrons.